The van der Waals surface area contributed by atoms with E-state index in [0.717, 1.165) is 5.56 Å². The number of halogens is 3. The summed E-state index contributed by atoms with van der Waals surface area (Å²) >= 11 is 11.4. The Balaban J connectivity index is 2.30. The summed E-state index contributed by atoms with van der Waals surface area (Å²) in [6, 6.07) is 7.71. The van der Waals surface area contributed by atoms with Crippen molar-refractivity contribution in [2.75, 3.05) is 10.7 Å². The van der Waals surface area contributed by atoms with Crippen LogP contribution >= 0.6 is 23.2 Å². The summed E-state index contributed by atoms with van der Waals surface area (Å²) < 4.78 is 13.3. The molecule has 0 aliphatic heterocycles. The number of amides is 1. The molecule has 0 aromatic heterocycles. The summed E-state index contributed by atoms with van der Waals surface area (Å²) in [4.78, 5) is 12.2. The summed E-state index contributed by atoms with van der Waals surface area (Å²) in [6.07, 6.45) is 0. The number of aryl methyl sites for hydroxylation is 1. The highest BCUT2D eigenvalue weighted by molar-refractivity contribution is 6.35. The van der Waals surface area contributed by atoms with Gasteiger partial charge in [-0.1, -0.05) is 29.3 Å². The van der Waals surface area contributed by atoms with Gasteiger partial charge in [-0.25, -0.2) is 4.39 Å². The number of benzene rings is 2. The summed E-state index contributed by atoms with van der Waals surface area (Å²) in [7, 11) is 0. The van der Waals surface area contributed by atoms with Crippen LogP contribution in [0, 0.1) is 12.7 Å². The molecule has 21 heavy (non-hydrogen) atoms. The second kappa shape index (κ2) is 6.30. The van der Waals surface area contributed by atoms with Crippen LogP contribution < -0.4 is 16.6 Å². The minimum atomic E-state index is -0.726. The van der Waals surface area contributed by atoms with Gasteiger partial charge >= 0.3 is 0 Å². The van der Waals surface area contributed by atoms with Gasteiger partial charge in [0.1, 0.15) is 0 Å². The van der Waals surface area contributed by atoms with Crippen molar-refractivity contribution in [3.05, 3.63) is 57.3 Å². The van der Waals surface area contributed by atoms with E-state index in [4.69, 9.17) is 29.0 Å². The van der Waals surface area contributed by atoms with Crippen LogP contribution in [0.15, 0.2) is 30.3 Å². The highest BCUT2D eigenvalue weighted by Gasteiger charge is 2.14. The fourth-order valence-corrected chi connectivity index (χ4v) is 2.29. The lowest BCUT2D eigenvalue weighted by atomic mass is 10.1. The fourth-order valence-electron chi connectivity index (χ4n) is 1.80. The lowest BCUT2D eigenvalue weighted by Gasteiger charge is -2.11. The van der Waals surface area contributed by atoms with Crippen molar-refractivity contribution >= 4 is 40.5 Å². The van der Waals surface area contributed by atoms with Crippen LogP contribution in [0.2, 0.25) is 10.0 Å². The second-order valence-corrected chi connectivity index (χ2v) is 5.22. The van der Waals surface area contributed by atoms with Crippen molar-refractivity contribution in [1.82, 2.24) is 0 Å². The predicted octanol–water partition coefficient (Wildman–Crippen LogP) is 3.98. The van der Waals surface area contributed by atoms with Crippen molar-refractivity contribution < 1.29 is 9.18 Å². The zero-order valence-corrected chi connectivity index (χ0v) is 12.5. The maximum absolute atomic E-state index is 13.3. The molecule has 0 unspecified atom stereocenters. The van der Waals surface area contributed by atoms with Gasteiger partial charge < -0.3 is 10.7 Å². The average molecular weight is 328 g/mol. The normalized spacial score (nSPS) is 10.3. The van der Waals surface area contributed by atoms with Gasteiger partial charge in [-0.05, 0) is 36.8 Å². The van der Waals surface area contributed by atoms with E-state index in [1.165, 1.54) is 12.1 Å². The Hall–Kier alpha value is -1.82. The molecule has 4 nitrogen and oxygen atoms in total. The molecule has 0 radical (unpaired) electrons. The number of nitrogens with two attached hydrogens (primary N) is 1. The standard InChI is InChI=1S/C14H12Cl2FN3O/c1-7-2-3-9(12(4-7)20-18)14(21)19-8-5-10(15)13(17)11(16)6-8/h2-6,20H,18H2,1H3,(H,19,21). The largest absolute Gasteiger partial charge is 0.323 e. The summed E-state index contributed by atoms with van der Waals surface area (Å²) in [5.41, 5.74) is 4.53. The first-order chi connectivity index (χ1) is 9.92. The summed E-state index contributed by atoms with van der Waals surface area (Å²) in [5.74, 6) is 4.26. The summed E-state index contributed by atoms with van der Waals surface area (Å²) in [6.45, 7) is 1.88. The third kappa shape index (κ3) is 3.44. The highest BCUT2D eigenvalue weighted by atomic mass is 35.5. The number of anilines is 2. The van der Waals surface area contributed by atoms with Crippen molar-refractivity contribution in [2.45, 2.75) is 6.92 Å². The quantitative estimate of drug-likeness (QED) is 0.454. The molecule has 0 aliphatic carbocycles. The van der Waals surface area contributed by atoms with Gasteiger partial charge in [0.25, 0.3) is 5.91 Å². The molecular weight excluding hydrogens is 316 g/mol. The van der Waals surface area contributed by atoms with E-state index >= 15 is 0 Å². The molecule has 2 aromatic carbocycles. The van der Waals surface area contributed by atoms with Crippen LogP contribution in [0.4, 0.5) is 15.8 Å². The van der Waals surface area contributed by atoms with E-state index in [1.807, 2.05) is 6.92 Å². The van der Waals surface area contributed by atoms with Gasteiger partial charge in [0.15, 0.2) is 5.82 Å². The van der Waals surface area contributed by atoms with Crippen LogP contribution in [0.3, 0.4) is 0 Å². The van der Waals surface area contributed by atoms with E-state index < -0.39 is 11.7 Å². The number of carbonyl (C=O) groups excluding carboxylic acids is 1. The first-order valence-corrected chi connectivity index (χ1v) is 6.71. The van der Waals surface area contributed by atoms with Crippen molar-refractivity contribution in [1.29, 1.82) is 0 Å². The maximum Gasteiger partial charge on any atom is 0.257 e. The van der Waals surface area contributed by atoms with Gasteiger partial charge in [-0.2, -0.15) is 0 Å². The number of nitrogen functional groups attached to an aromatic ring is 1. The monoisotopic (exact) mass is 327 g/mol. The molecule has 0 aliphatic rings. The van der Waals surface area contributed by atoms with E-state index in [1.54, 1.807) is 18.2 Å². The molecule has 0 atom stereocenters. The third-order valence-electron chi connectivity index (χ3n) is 2.82. The van der Waals surface area contributed by atoms with E-state index in [2.05, 4.69) is 10.7 Å². The molecule has 4 N–H and O–H groups in total. The van der Waals surface area contributed by atoms with Crippen molar-refractivity contribution in [3.63, 3.8) is 0 Å². The highest BCUT2D eigenvalue weighted by Crippen LogP contribution is 2.28. The third-order valence-corrected chi connectivity index (χ3v) is 3.37. The molecule has 2 aromatic rings. The molecule has 0 saturated carbocycles. The van der Waals surface area contributed by atoms with Gasteiger partial charge in [-0.15, -0.1) is 0 Å². The van der Waals surface area contributed by atoms with Crippen molar-refractivity contribution in [2.24, 2.45) is 5.84 Å². The number of carbonyl (C=O) groups is 1. The predicted molar refractivity (Wildman–Crippen MR) is 83.4 cm³/mol. The zero-order valence-electron chi connectivity index (χ0n) is 11.0. The molecule has 7 heteroatoms. The second-order valence-electron chi connectivity index (χ2n) is 4.40. The zero-order chi connectivity index (χ0) is 15.6. The number of nitrogens with one attached hydrogen (secondary N) is 2. The van der Waals surface area contributed by atoms with E-state index in [0.29, 0.717) is 16.9 Å². The Morgan fingerprint density at radius 1 is 1.19 bits per heavy atom. The van der Waals surface area contributed by atoms with Gasteiger partial charge in [0.05, 0.1) is 21.3 Å². The molecule has 0 fully saturated rings. The Bertz CT molecular complexity index is 684. The Labute approximate surface area is 131 Å². The van der Waals surface area contributed by atoms with Crippen LogP contribution in [0.5, 0.6) is 0 Å². The molecule has 110 valence electrons. The Kier molecular flexibility index (Phi) is 4.67. The molecule has 0 heterocycles. The number of hydrazine groups is 1. The molecule has 0 spiro atoms. The minimum absolute atomic E-state index is 0.168. The maximum atomic E-state index is 13.3. The Morgan fingerprint density at radius 3 is 2.38 bits per heavy atom. The van der Waals surface area contributed by atoms with Gasteiger partial charge in [0.2, 0.25) is 0 Å². The SMILES string of the molecule is Cc1ccc(C(=O)Nc2cc(Cl)c(F)c(Cl)c2)c(NN)c1. The number of hydrogen-bond donors (Lipinski definition) is 3. The Morgan fingerprint density at radius 2 is 1.81 bits per heavy atom. The van der Waals surface area contributed by atoms with Crippen LogP contribution in [0.1, 0.15) is 15.9 Å². The van der Waals surface area contributed by atoms with Crippen LogP contribution in [-0.2, 0) is 0 Å². The molecule has 0 bridgehead atoms. The average Bonchev–Trinajstić information content (AvgIpc) is 2.44. The first-order valence-electron chi connectivity index (χ1n) is 5.95. The lowest BCUT2D eigenvalue weighted by Crippen LogP contribution is -2.17. The molecule has 1 amide bonds. The molecule has 2 rings (SSSR count). The first kappa shape index (κ1) is 15.6. The molecule has 0 saturated heterocycles. The van der Waals surface area contributed by atoms with Gasteiger partial charge in [0, 0.05) is 5.69 Å². The number of hydrogen-bond acceptors (Lipinski definition) is 3. The van der Waals surface area contributed by atoms with E-state index in [-0.39, 0.29) is 10.0 Å². The van der Waals surface area contributed by atoms with Crippen molar-refractivity contribution in [3.8, 4) is 0 Å². The van der Waals surface area contributed by atoms with Gasteiger partial charge in [-0.3, -0.25) is 10.6 Å². The summed E-state index contributed by atoms with van der Waals surface area (Å²) in [5, 5.41) is 2.26. The van der Waals surface area contributed by atoms with E-state index in [9.17, 15) is 9.18 Å². The lowest BCUT2D eigenvalue weighted by molar-refractivity contribution is 0.102. The fraction of sp³-hybridized carbons (Fsp3) is 0.0714. The van der Waals surface area contributed by atoms with Crippen LogP contribution in [0.25, 0.3) is 0 Å². The van der Waals surface area contributed by atoms with Crippen LogP contribution in [-0.4, -0.2) is 5.91 Å². The minimum Gasteiger partial charge on any atom is -0.323 e. The molecular formula is C14H12Cl2FN3O. The number of rotatable bonds is 3. The topological polar surface area (TPSA) is 67.2 Å². The smallest absolute Gasteiger partial charge is 0.257 e.